The third-order valence-electron chi connectivity index (χ3n) is 16.2. The minimum Gasteiger partial charge on any atom is -0.456 e. The summed E-state index contributed by atoms with van der Waals surface area (Å²) in [6.07, 6.45) is 0. The Morgan fingerprint density at radius 2 is 0.587 bits per heavy atom. The van der Waals surface area contributed by atoms with Crippen LogP contribution in [-0.4, -0.2) is 0 Å². The summed E-state index contributed by atoms with van der Waals surface area (Å²) in [5.74, 6) is 0. The average Bonchev–Trinajstić information content (AvgIpc) is 4.20. The molecule has 0 spiro atoms. The lowest BCUT2D eigenvalue weighted by atomic mass is 9.84. The highest BCUT2D eigenvalue weighted by Gasteiger charge is 2.24. The van der Waals surface area contributed by atoms with Gasteiger partial charge in [0.15, 0.2) is 0 Å². The molecule has 0 bridgehead atoms. The van der Waals surface area contributed by atoms with Gasteiger partial charge in [0.1, 0.15) is 33.5 Å². The summed E-state index contributed by atoms with van der Waals surface area (Å²) >= 11 is 0. The van der Waals surface area contributed by atoms with Crippen LogP contribution < -0.4 is 0 Å². The largest absolute Gasteiger partial charge is 0.456 e. The molecule has 3 heterocycles. The topological polar surface area (TPSA) is 39.4 Å². The zero-order valence-electron chi connectivity index (χ0n) is 40.3. The Morgan fingerprint density at radius 3 is 1.05 bits per heavy atom. The number of furan rings is 3. The number of hydrogen-bond donors (Lipinski definition) is 0. The minimum absolute atomic E-state index is 0.857. The van der Waals surface area contributed by atoms with Crippen LogP contribution in [0.15, 0.2) is 256 Å². The van der Waals surface area contributed by atoms with Gasteiger partial charge in [-0.25, -0.2) is 0 Å². The molecule has 14 aromatic carbocycles. The van der Waals surface area contributed by atoms with E-state index in [1.165, 1.54) is 76.1 Å². The first-order valence-electron chi connectivity index (χ1n) is 25.7. The van der Waals surface area contributed by atoms with Gasteiger partial charge in [-0.1, -0.05) is 188 Å². The standard InChI is InChI=1S/C72H40O3/c1-3-16-46-41(14-1)28-33-56-60-38-43(31-36-62(60)74-71(46)56)66-48-18-5-7-20-50(48)68(51-21-8-6-19-49(51)66)45-30-35-58-65(40-45)73-64-27-13-26-59(70(58)64)69-54-24-11-9-22-52(54)67(53-23-10-12-25-55(53)69)44-32-37-63-61(39-44)57-34-29-42-15-2-4-17-47(42)72(57)75-63/h1-40H. The molecule has 0 N–H and O–H groups in total. The number of benzene rings is 14. The van der Waals surface area contributed by atoms with E-state index in [1.807, 2.05) is 0 Å². The van der Waals surface area contributed by atoms with Crippen molar-refractivity contribution in [3.05, 3.63) is 243 Å². The van der Waals surface area contributed by atoms with Crippen molar-refractivity contribution in [2.24, 2.45) is 0 Å². The molecule has 17 aromatic rings. The predicted octanol–water partition coefficient (Wildman–Crippen LogP) is 21.0. The Kier molecular flexibility index (Phi) is 8.28. The van der Waals surface area contributed by atoms with E-state index in [9.17, 15) is 0 Å². The highest BCUT2D eigenvalue weighted by molar-refractivity contribution is 6.28. The van der Waals surface area contributed by atoms with Crippen LogP contribution in [0, 0.1) is 0 Å². The molecule has 0 atom stereocenters. The first kappa shape index (κ1) is 40.6. The molecule has 0 saturated heterocycles. The van der Waals surface area contributed by atoms with Crippen LogP contribution >= 0.6 is 0 Å². The van der Waals surface area contributed by atoms with Gasteiger partial charge in [0.25, 0.3) is 0 Å². The highest BCUT2D eigenvalue weighted by Crippen LogP contribution is 2.50. The van der Waals surface area contributed by atoms with Gasteiger partial charge in [-0.2, -0.15) is 0 Å². The maximum Gasteiger partial charge on any atom is 0.143 e. The molecule has 0 saturated carbocycles. The van der Waals surface area contributed by atoms with Gasteiger partial charge in [0.2, 0.25) is 0 Å². The van der Waals surface area contributed by atoms with E-state index in [2.05, 4.69) is 243 Å². The fourth-order valence-electron chi connectivity index (χ4n) is 13.0. The molecule has 17 rings (SSSR count). The predicted molar refractivity (Wildman–Crippen MR) is 315 cm³/mol. The SMILES string of the molecule is c1ccc2c(c1)ccc1c3cc(-c4c5ccccc5c(-c5ccc6c(c5)oc5cccc(-c7c8ccccc8c(-c8ccc9oc%10c%11ccccc%11ccc%10c9c8)c8ccccc78)c56)c5ccccc45)ccc3oc21. The molecule has 75 heavy (non-hydrogen) atoms. The van der Waals surface area contributed by atoms with Gasteiger partial charge in [-0.05, 0) is 153 Å². The smallest absolute Gasteiger partial charge is 0.143 e. The highest BCUT2D eigenvalue weighted by atomic mass is 16.3. The Morgan fingerprint density at radius 1 is 0.200 bits per heavy atom. The summed E-state index contributed by atoms with van der Waals surface area (Å²) < 4.78 is 20.1. The molecular formula is C72H40O3. The van der Waals surface area contributed by atoms with Crippen LogP contribution in [0.1, 0.15) is 0 Å². The van der Waals surface area contributed by atoms with E-state index in [-0.39, 0.29) is 0 Å². The second-order valence-electron chi connectivity index (χ2n) is 20.1. The number of hydrogen-bond acceptors (Lipinski definition) is 3. The van der Waals surface area contributed by atoms with Gasteiger partial charge in [0.05, 0.1) is 0 Å². The van der Waals surface area contributed by atoms with Crippen molar-refractivity contribution in [3.8, 4) is 44.5 Å². The molecule has 0 aliphatic heterocycles. The number of rotatable bonds is 4. The molecule has 3 heteroatoms. The summed E-state index contributed by atoms with van der Waals surface area (Å²) in [6, 6.07) is 88.1. The lowest BCUT2D eigenvalue weighted by Crippen LogP contribution is -1.91. The molecule has 3 aromatic heterocycles. The number of fused-ring (bicyclic) bond motifs is 17. The average molecular weight is 953 g/mol. The van der Waals surface area contributed by atoms with E-state index in [0.29, 0.717) is 0 Å². The molecular weight excluding hydrogens is 913 g/mol. The monoisotopic (exact) mass is 952 g/mol. The minimum atomic E-state index is 0.857. The second-order valence-corrected chi connectivity index (χ2v) is 20.1. The fraction of sp³-hybridized carbons (Fsp3) is 0. The summed E-state index contributed by atoms with van der Waals surface area (Å²) in [6.45, 7) is 0. The van der Waals surface area contributed by atoms with E-state index in [4.69, 9.17) is 13.3 Å². The molecule has 0 amide bonds. The van der Waals surface area contributed by atoms with Crippen LogP contribution in [0.5, 0.6) is 0 Å². The molecule has 3 nitrogen and oxygen atoms in total. The van der Waals surface area contributed by atoms with Gasteiger partial charge in [-0.3, -0.25) is 0 Å². The van der Waals surface area contributed by atoms with Crippen LogP contribution in [0.4, 0.5) is 0 Å². The summed E-state index contributed by atoms with van der Waals surface area (Å²) in [5, 5.41) is 20.9. The van der Waals surface area contributed by atoms with Gasteiger partial charge < -0.3 is 13.3 Å². The van der Waals surface area contributed by atoms with Gasteiger partial charge in [-0.15, -0.1) is 0 Å². The quantitative estimate of drug-likeness (QED) is 0.165. The van der Waals surface area contributed by atoms with Crippen LogP contribution in [0.2, 0.25) is 0 Å². The van der Waals surface area contributed by atoms with Crippen molar-refractivity contribution >= 4 is 130 Å². The van der Waals surface area contributed by atoms with E-state index < -0.39 is 0 Å². The van der Waals surface area contributed by atoms with E-state index in [0.717, 1.165) is 98.8 Å². The van der Waals surface area contributed by atoms with Crippen molar-refractivity contribution in [1.82, 2.24) is 0 Å². The molecule has 0 aliphatic rings. The second kappa shape index (κ2) is 15.3. The maximum absolute atomic E-state index is 6.98. The third kappa shape index (κ3) is 5.75. The van der Waals surface area contributed by atoms with Crippen LogP contribution in [0.25, 0.3) is 175 Å². The lowest BCUT2D eigenvalue weighted by Gasteiger charge is -2.18. The Bertz CT molecular complexity index is 5200. The Balaban J connectivity index is 0.843. The zero-order valence-corrected chi connectivity index (χ0v) is 40.3. The fourth-order valence-corrected chi connectivity index (χ4v) is 13.0. The van der Waals surface area contributed by atoms with Crippen LogP contribution in [-0.2, 0) is 0 Å². The molecule has 0 aliphatic carbocycles. The van der Waals surface area contributed by atoms with Crippen LogP contribution in [0.3, 0.4) is 0 Å². The van der Waals surface area contributed by atoms with E-state index >= 15 is 0 Å². The summed E-state index contributed by atoms with van der Waals surface area (Å²) in [4.78, 5) is 0. The van der Waals surface area contributed by atoms with E-state index in [1.54, 1.807) is 0 Å². The van der Waals surface area contributed by atoms with Crippen molar-refractivity contribution < 1.29 is 13.3 Å². The van der Waals surface area contributed by atoms with Gasteiger partial charge >= 0.3 is 0 Å². The van der Waals surface area contributed by atoms with Crippen molar-refractivity contribution in [2.75, 3.05) is 0 Å². The Labute approximate surface area is 428 Å². The maximum atomic E-state index is 6.98. The molecule has 0 radical (unpaired) electrons. The zero-order chi connectivity index (χ0) is 48.9. The molecule has 0 unspecified atom stereocenters. The lowest BCUT2D eigenvalue weighted by molar-refractivity contribution is 0.669. The summed E-state index contributed by atoms with van der Waals surface area (Å²) in [5.41, 5.74) is 14.8. The first-order chi connectivity index (χ1) is 37.2. The van der Waals surface area contributed by atoms with Crippen molar-refractivity contribution in [1.29, 1.82) is 0 Å². The first-order valence-corrected chi connectivity index (χ1v) is 25.7. The molecule has 346 valence electrons. The van der Waals surface area contributed by atoms with Gasteiger partial charge in [0, 0.05) is 43.1 Å². The normalized spacial score (nSPS) is 12.3. The third-order valence-corrected chi connectivity index (χ3v) is 16.2. The van der Waals surface area contributed by atoms with Crippen molar-refractivity contribution in [3.63, 3.8) is 0 Å². The molecule has 0 fully saturated rings. The summed E-state index contributed by atoms with van der Waals surface area (Å²) in [7, 11) is 0. The van der Waals surface area contributed by atoms with Crippen molar-refractivity contribution in [2.45, 2.75) is 0 Å². The Hall–Kier alpha value is -9.96.